The van der Waals surface area contributed by atoms with E-state index in [1.165, 1.54) is 42.6 Å². The third-order valence-electron chi connectivity index (χ3n) is 6.40. The maximum atomic E-state index is 13.4. The Morgan fingerprint density at radius 3 is 2.04 bits per heavy atom. The lowest BCUT2D eigenvalue weighted by molar-refractivity contribution is 0.0956. The second-order valence-corrected chi connectivity index (χ2v) is 12.6. The summed E-state index contributed by atoms with van der Waals surface area (Å²) in [7, 11) is -1.27. The van der Waals surface area contributed by atoms with Crippen molar-refractivity contribution >= 4 is 15.8 Å². The van der Waals surface area contributed by atoms with Gasteiger partial charge in [-0.2, -0.15) is 0 Å². The number of carbonyl (C=O) groups is 1. The lowest BCUT2D eigenvalue weighted by Gasteiger charge is -2.46. The molecule has 2 aromatic carbocycles. The molecule has 0 atom stereocenters. The average Bonchev–Trinajstić information content (AvgIpc) is 2.68. The predicted octanol–water partition coefficient (Wildman–Crippen LogP) is 6.82. The molecule has 0 bridgehead atoms. The first-order chi connectivity index (χ1) is 12.3. The largest absolute Gasteiger partial charge is 0.293 e. The second-order valence-electron chi connectivity index (χ2n) is 8.44. The van der Waals surface area contributed by atoms with Gasteiger partial charge in [0.2, 0.25) is 0 Å². The number of Topliss-reactive ketones (excluding diaryl/α,β-unsaturated/α-hetero) is 1. The highest BCUT2D eigenvalue weighted by Crippen LogP contribution is 2.60. The molecule has 0 aromatic heterocycles. The first kappa shape index (κ1) is 19.2. The van der Waals surface area contributed by atoms with Gasteiger partial charge in [0, 0.05) is 5.56 Å². The van der Waals surface area contributed by atoms with E-state index in [4.69, 9.17) is 0 Å². The van der Waals surface area contributed by atoms with E-state index in [9.17, 15) is 4.79 Å². The van der Waals surface area contributed by atoms with E-state index in [0.29, 0.717) is 5.92 Å². The molecular weight excluding hydrogens is 336 g/mol. The van der Waals surface area contributed by atoms with Crippen LogP contribution in [0.4, 0.5) is 0 Å². The molecule has 2 aromatic rings. The van der Waals surface area contributed by atoms with Gasteiger partial charge in [-0.3, -0.25) is 4.79 Å². The van der Waals surface area contributed by atoms with Crippen LogP contribution in [0.2, 0.25) is 0 Å². The molecule has 26 heavy (non-hydrogen) atoms. The van der Waals surface area contributed by atoms with Crippen LogP contribution in [0.15, 0.2) is 59.5 Å². The van der Waals surface area contributed by atoms with Crippen LogP contribution in [0, 0.1) is 0 Å². The summed E-state index contributed by atoms with van der Waals surface area (Å²) in [6, 6.07) is 19.0. The zero-order valence-corrected chi connectivity index (χ0v) is 17.4. The normalized spacial score (nSPS) is 17.1. The summed E-state index contributed by atoms with van der Waals surface area (Å²) in [5, 5.41) is 0. The van der Waals surface area contributed by atoms with Crippen LogP contribution in [0.5, 0.6) is 0 Å². The second kappa shape index (κ2) is 7.60. The molecule has 1 nitrogen and oxygen atoms in total. The monoisotopic (exact) mass is 368 g/mol. The molecule has 2 heteroatoms. The standard InChI is InChI=1S/C24H32OS/c1-24(2,26(3,4)22-13-9-6-10-14-22)23(25)21-17-15-20(16-18-21)19-11-7-5-8-12-19/h6,9-10,13-19H,5,7-8,11-12H2,1-4H3. The molecule has 0 spiro atoms. The van der Waals surface area contributed by atoms with Gasteiger partial charge in [-0.15, -0.1) is 0 Å². The summed E-state index contributed by atoms with van der Waals surface area (Å²) >= 11 is 0. The van der Waals surface area contributed by atoms with E-state index >= 15 is 0 Å². The van der Waals surface area contributed by atoms with Crippen molar-refractivity contribution in [3.05, 3.63) is 65.7 Å². The number of hydrogen-bond donors (Lipinski definition) is 0. The minimum Gasteiger partial charge on any atom is -0.293 e. The Hall–Kier alpha value is -1.54. The average molecular weight is 369 g/mol. The van der Waals surface area contributed by atoms with Crippen molar-refractivity contribution in [3.8, 4) is 0 Å². The van der Waals surface area contributed by atoms with Gasteiger partial charge < -0.3 is 0 Å². The summed E-state index contributed by atoms with van der Waals surface area (Å²) in [6.07, 6.45) is 11.2. The van der Waals surface area contributed by atoms with Gasteiger partial charge in [0.15, 0.2) is 5.78 Å². The van der Waals surface area contributed by atoms with Gasteiger partial charge in [-0.25, -0.2) is 10.0 Å². The van der Waals surface area contributed by atoms with Crippen molar-refractivity contribution in [2.45, 2.75) is 61.5 Å². The third kappa shape index (κ3) is 3.62. The molecule has 0 heterocycles. The van der Waals surface area contributed by atoms with E-state index in [-0.39, 0.29) is 5.78 Å². The molecule has 0 N–H and O–H groups in total. The highest BCUT2D eigenvalue weighted by atomic mass is 32.3. The maximum absolute atomic E-state index is 13.4. The molecule has 0 unspecified atom stereocenters. The zero-order chi connectivity index (χ0) is 18.8. The minimum atomic E-state index is -1.27. The van der Waals surface area contributed by atoms with Crippen LogP contribution >= 0.6 is 10.0 Å². The smallest absolute Gasteiger partial charge is 0.177 e. The van der Waals surface area contributed by atoms with Gasteiger partial charge in [0.1, 0.15) is 0 Å². The van der Waals surface area contributed by atoms with Crippen molar-refractivity contribution in [1.82, 2.24) is 0 Å². The molecule has 1 aliphatic rings. The van der Waals surface area contributed by atoms with Crippen LogP contribution < -0.4 is 0 Å². The molecular formula is C24H32OS. The maximum Gasteiger partial charge on any atom is 0.177 e. The number of hydrogen-bond acceptors (Lipinski definition) is 1. The van der Waals surface area contributed by atoms with E-state index in [2.05, 4.69) is 74.9 Å². The Labute approximate surface area is 160 Å². The predicted molar refractivity (Wildman–Crippen MR) is 115 cm³/mol. The van der Waals surface area contributed by atoms with Gasteiger partial charge in [0.05, 0.1) is 4.75 Å². The third-order valence-corrected chi connectivity index (χ3v) is 10.6. The van der Waals surface area contributed by atoms with Gasteiger partial charge in [-0.05, 0) is 55.6 Å². The molecule has 3 rings (SSSR count). The van der Waals surface area contributed by atoms with Gasteiger partial charge >= 0.3 is 0 Å². The molecule has 0 aliphatic heterocycles. The Morgan fingerprint density at radius 1 is 0.885 bits per heavy atom. The highest BCUT2D eigenvalue weighted by molar-refractivity contribution is 8.34. The van der Waals surface area contributed by atoms with E-state index < -0.39 is 14.8 Å². The number of rotatable bonds is 5. The van der Waals surface area contributed by atoms with E-state index in [0.717, 1.165) is 5.56 Å². The molecule has 1 saturated carbocycles. The lowest BCUT2D eigenvalue weighted by Crippen LogP contribution is -2.37. The summed E-state index contributed by atoms with van der Waals surface area (Å²) in [4.78, 5) is 14.7. The molecule has 1 fully saturated rings. The molecule has 140 valence electrons. The molecule has 0 saturated heterocycles. The van der Waals surface area contributed by atoms with Crippen LogP contribution in [-0.2, 0) is 0 Å². The Balaban J connectivity index is 1.83. The van der Waals surface area contributed by atoms with E-state index in [1.807, 2.05) is 6.07 Å². The van der Waals surface area contributed by atoms with Crippen LogP contribution in [0.1, 0.15) is 67.8 Å². The fraction of sp³-hybridized carbons (Fsp3) is 0.458. The van der Waals surface area contributed by atoms with Gasteiger partial charge in [-0.1, -0.05) is 73.9 Å². The lowest BCUT2D eigenvalue weighted by atomic mass is 9.83. The summed E-state index contributed by atoms with van der Waals surface area (Å²) in [6.45, 7) is 4.24. The van der Waals surface area contributed by atoms with Crippen molar-refractivity contribution < 1.29 is 4.79 Å². The fourth-order valence-corrected chi connectivity index (χ4v) is 5.99. The Bertz CT molecular complexity index is 738. The summed E-state index contributed by atoms with van der Waals surface area (Å²) < 4.78 is -0.402. The fourth-order valence-electron chi connectivity index (χ4n) is 3.98. The Morgan fingerprint density at radius 2 is 1.46 bits per heavy atom. The first-order valence-corrected chi connectivity index (χ1v) is 12.2. The number of benzene rings is 2. The molecule has 0 radical (unpaired) electrons. The SMILES string of the molecule is CC(C)(C(=O)c1ccc(C2CCCCC2)cc1)S(C)(C)c1ccccc1. The molecule has 0 amide bonds. The zero-order valence-electron chi connectivity index (χ0n) is 16.6. The quantitative estimate of drug-likeness (QED) is 0.529. The Kier molecular flexibility index (Phi) is 5.62. The van der Waals surface area contributed by atoms with Crippen LogP contribution in [-0.4, -0.2) is 23.0 Å². The van der Waals surface area contributed by atoms with Crippen molar-refractivity contribution in [1.29, 1.82) is 0 Å². The first-order valence-electron chi connectivity index (χ1n) is 9.77. The van der Waals surface area contributed by atoms with Crippen LogP contribution in [0.25, 0.3) is 0 Å². The highest BCUT2D eigenvalue weighted by Gasteiger charge is 2.40. The topological polar surface area (TPSA) is 17.1 Å². The van der Waals surface area contributed by atoms with Crippen molar-refractivity contribution in [2.24, 2.45) is 0 Å². The van der Waals surface area contributed by atoms with Gasteiger partial charge in [0.25, 0.3) is 0 Å². The van der Waals surface area contributed by atoms with Crippen molar-refractivity contribution in [3.63, 3.8) is 0 Å². The van der Waals surface area contributed by atoms with Crippen LogP contribution in [0.3, 0.4) is 0 Å². The number of carbonyl (C=O) groups excluding carboxylic acids is 1. The van der Waals surface area contributed by atoms with E-state index in [1.54, 1.807) is 0 Å². The summed E-state index contributed by atoms with van der Waals surface area (Å²) in [5.41, 5.74) is 2.26. The molecule has 1 aliphatic carbocycles. The van der Waals surface area contributed by atoms with Crippen molar-refractivity contribution in [2.75, 3.05) is 12.5 Å². The summed E-state index contributed by atoms with van der Waals surface area (Å²) in [5.74, 6) is 0.948. The minimum absolute atomic E-state index is 0.261. The number of ketones is 1.